The third-order valence-electron chi connectivity index (χ3n) is 2.76. The highest BCUT2D eigenvalue weighted by Crippen LogP contribution is 2.49. The quantitative estimate of drug-likeness (QED) is 0.671. The average molecular weight is 312 g/mol. The molecule has 0 aliphatic carbocycles. The van der Waals surface area contributed by atoms with E-state index in [4.69, 9.17) is 28.3 Å². The molecule has 0 spiro atoms. The molecule has 0 unspecified atom stereocenters. The zero-order chi connectivity index (χ0) is 13.6. The first-order valence-corrected chi connectivity index (χ1v) is 6.94. The van der Waals surface area contributed by atoms with Gasteiger partial charge in [0.25, 0.3) is 0 Å². The third kappa shape index (κ3) is 2.16. The minimum Gasteiger partial charge on any atom is -0.478 e. The number of halogens is 2. The van der Waals surface area contributed by atoms with Gasteiger partial charge in [-0.05, 0) is 30.3 Å². The van der Waals surface area contributed by atoms with Gasteiger partial charge in [0.15, 0.2) is 0 Å². The Morgan fingerprint density at radius 2 is 1.89 bits per heavy atom. The SMILES string of the molecule is O=C(O)c1ccc2c(c1)Sc1c(Cl)ccc(Cl)c1N2. The zero-order valence-electron chi connectivity index (χ0n) is 9.41. The van der Waals surface area contributed by atoms with E-state index >= 15 is 0 Å². The van der Waals surface area contributed by atoms with Gasteiger partial charge in [0, 0.05) is 4.90 Å². The van der Waals surface area contributed by atoms with Crippen LogP contribution in [0.15, 0.2) is 40.1 Å². The van der Waals surface area contributed by atoms with Gasteiger partial charge in [-0.3, -0.25) is 0 Å². The highest BCUT2D eigenvalue weighted by molar-refractivity contribution is 7.99. The van der Waals surface area contributed by atoms with E-state index in [1.165, 1.54) is 11.8 Å². The van der Waals surface area contributed by atoms with Crippen molar-refractivity contribution in [2.24, 2.45) is 0 Å². The van der Waals surface area contributed by atoms with Crippen LogP contribution in [0.25, 0.3) is 0 Å². The van der Waals surface area contributed by atoms with E-state index < -0.39 is 5.97 Å². The Balaban J connectivity index is 2.12. The normalized spacial score (nSPS) is 12.3. The molecule has 0 saturated heterocycles. The molecular weight excluding hydrogens is 305 g/mol. The third-order valence-corrected chi connectivity index (χ3v) is 4.69. The Kier molecular flexibility index (Phi) is 3.09. The molecule has 2 aromatic rings. The smallest absolute Gasteiger partial charge is 0.335 e. The lowest BCUT2D eigenvalue weighted by Crippen LogP contribution is -2.03. The predicted octanol–water partition coefficient (Wildman–Crippen LogP) is 4.90. The fourth-order valence-electron chi connectivity index (χ4n) is 1.84. The average Bonchev–Trinajstić information content (AvgIpc) is 2.41. The van der Waals surface area contributed by atoms with Crippen molar-refractivity contribution in [2.45, 2.75) is 9.79 Å². The van der Waals surface area contributed by atoms with Crippen LogP contribution < -0.4 is 5.32 Å². The van der Waals surface area contributed by atoms with E-state index in [9.17, 15) is 4.79 Å². The maximum Gasteiger partial charge on any atom is 0.335 e. The van der Waals surface area contributed by atoms with Crippen molar-refractivity contribution >= 4 is 52.3 Å². The molecule has 19 heavy (non-hydrogen) atoms. The second kappa shape index (κ2) is 4.63. The summed E-state index contributed by atoms with van der Waals surface area (Å²) < 4.78 is 0. The molecule has 1 aliphatic rings. The topological polar surface area (TPSA) is 49.3 Å². The van der Waals surface area contributed by atoms with Crippen LogP contribution in [-0.2, 0) is 0 Å². The monoisotopic (exact) mass is 311 g/mol. The number of anilines is 2. The van der Waals surface area contributed by atoms with Gasteiger partial charge in [0.2, 0.25) is 0 Å². The first-order valence-electron chi connectivity index (χ1n) is 5.36. The summed E-state index contributed by atoms with van der Waals surface area (Å²) in [4.78, 5) is 12.6. The van der Waals surface area contributed by atoms with Gasteiger partial charge in [-0.15, -0.1) is 0 Å². The minimum absolute atomic E-state index is 0.245. The Hall–Kier alpha value is -1.36. The van der Waals surface area contributed by atoms with Gasteiger partial charge in [-0.2, -0.15) is 0 Å². The molecule has 0 atom stereocenters. The number of benzene rings is 2. The maximum absolute atomic E-state index is 11.0. The molecule has 0 amide bonds. The van der Waals surface area contributed by atoms with E-state index in [-0.39, 0.29) is 5.56 Å². The summed E-state index contributed by atoms with van der Waals surface area (Å²) in [5, 5.41) is 13.4. The van der Waals surface area contributed by atoms with Crippen molar-refractivity contribution < 1.29 is 9.90 Å². The molecule has 0 saturated carbocycles. The lowest BCUT2D eigenvalue weighted by Gasteiger charge is -2.22. The Morgan fingerprint density at radius 1 is 1.16 bits per heavy atom. The lowest BCUT2D eigenvalue weighted by molar-refractivity contribution is 0.0696. The molecule has 2 aromatic carbocycles. The van der Waals surface area contributed by atoms with Gasteiger partial charge >= 0.3 is 5.97 Å². The number of carboxylic acids is 1. The first kappa shape index (κ1) is 12.7. The van der Waals surface area contributed by atoms with Gasteiger partial charge in [0.05, 0.1) is 31.9 Å². The molecule has 3 rings (SSSR count). The van der Waals surface area contributed by atoms with Crippen molar-refractivity contribution in [1.82, 2.24) is 0 Å². The number of rotatable bonds is 1. The number of carbonyl (C=O) groups is 1. The largest absolute Gasteiger partial charge is 0.478 e. The van der Waals surface area contributed by atoms with Gasteiger partial charge in [0.1, 0.15) is 0 Å². The van der Waals surface area contributed by atoms with Gasteiger partial charge in [-0.1, -0.05) is 35.0 Å². The molecule has 1 aliphatic heterocycles. The van der Waals surface area contributed by atoms with Gasteiger partial charge in [-0.25, -0.2) is 4.79 Å². The molecule has 1 heterocycles. The van der Waals surface area contributed by atoms with Crippen molar-refractivity contribution in [3.8, 4) is 0 Å². The first-order chi connectivity index (χ1) is 9.06. The summed E-state index contributed by atoms with van der Waals surface area (Å²) in [5.41, 5.74) is 1.83. The van der Waals surface area contributed by atoms with E-state index in [0.29, 0.717) is 10.0 Å². The van der Waals surface area contributed by atoms with Crippen LogP contribution in [0.1, 0.15) is 10.4 Å². The van der Waals surface area contributed by atoms with Crippen LogP contribution in [0.4, 0.5) is 11.4 Å². The number of carboxylic acid groups (broad SMARTS) is 1. The Bertz CT molecular complexity index is 703. The predicted molar refractivity (Wildman–Crippen MR) is 77.3 cm³/mol. The number of nitrogens with one attached hydrogen (secondary N) is 1. The fourth-order valence-corrected chi connectivity index (χ4v) is 3.43. The summed E-state index contributed by atoms with van der Waals surface area (Å²) in [6.45, 7) is 0. The van der Waals surface area contributed by atoms with Crippen molar-refractivity contribution in [1.29, 1.82) is 0 Å². The van der Waals surface area contributed by atoms with Crippen molar-refractivity contribution in [3.63, 3.8) is 0 Å². The summed E-state index contributed by atoms with van der Waals surface area (Å²) in [5.74, 6) is -0.952. The Morgan fingerprint density at radius 3 is 2.63 bits per heavy atom. The van der Waals surface area contributed by atoms with Crippen LogP contribution in [0, 0.1) is 0 Å². The van der Waals surface area contributed by atoms with Crippen molar-refractivity contribution in [2.75, 3.05) is 5.32 Å². The second-order valence-electron chi connectivity index (χ2n) is 3.98. The highest BCUT2D eigenvalue weighted by atomic mass is 35.5. The van der Waals surface area contributed by atoms with E-state index in [0.717, 1.165) is 21.2 Å². The molecule has 2 N–H and O–H groups in total. The maximum atomic E-state index is 11.0. The zero-order valence-corrected chi connectivity index (χ0v) is 11.7. The van der Waals surface area contributed by atoms with E-state index in [1.54, 1.807) is 30.3 Å². The number of aromatic carboxylic acids is 1. The van der Waals surface area contributed by atoms with Gasteiger partial charge < -0.3 is 10.4 Å². The summed E-state index contributed by atoms with van der Waals surface area (Å²) in [7, 11) is 0. The molecule has 0 radical (unpaired) electrons. The summed E-state index contributed by atoms with van der Waals surface area (Å²) >= 11 is 13.7. The minimum atomic E-state index is -0.952. The standard InChI is InChI=1S/C13H7Cl2NO2S/c14-7-2-3-8(15)12-11(7)16-9-4-1-6(13(17)18)5-10(9)19-12/h1-5,16H,(H,17,18). The van der Waals surface area contributed by atoms with E-state index in [2.05, 4.69) is 5.32 Å². The van der Waals surface area contributed by atoms with Crippen LogP contribution >= 0.6 is 35.0 Å². The van der Waals surface area contributed by atoms with Crippen LogP contribution in [0.2, 0.25) is 10.0 Å². The number of hydrogen-bond acceptors (Lipinski definition) is 3. The molecule has 3 nitrogen and oxygen atoms in total. The lowest BCUT2D eigenvalue weighted by atomic mass is 10.2. The Labute approximate surface area is 123 Å². The molecular formula is C13H7Cl2NO2S. The van der Waals surface area contributed by atoms with E-state index in [1.807, 2.05) is 0 Å². The number of fused-ring (bicyclic) bond motifs is 2. The summed E-state index contributed by atoms with van der Waals surface area (Å²) in [6, 6.07) is 8.36. The van der Waals surface area contributed by atoms with Crippen molar-refractivity contribution in [3.05, 3.63) is 45.9 Å². The fraction of sp³-hybridized carbons (Fsp3) is 0. The summed E-state index contributed by atoms with van der Waals surface area (Å²) in [6.07, 6.45) is 0. The molecule has 6 heteroatoms. The molecule has 0 bridgehead atoms. The molecule has 0 aromatic heterocycles. The van der Waals surface area contributed by atoms with Crippen LogP contribution in [-0.4, -0.2) is 11.1 Å². The second-order valence-corrected chi connectivity index (χ2v) is 5.84. The number of hydrogen-bond donors (Lipinski definition) is 2. The molecule has 0 fully saturated rings. The highest BCUT2D eigenvalue weighted by Gasteiger charge is 2.21. The van der Waals surface area contributed by atoms with Crippen LogP contribution in [0.3, 0.4) is 0 Å². The van der Waals surface area contributed by atoms with Crippen LogP contribution in [0.5, 0.6) is 0 Å². The molecule has 96 valence electrons.